The number of hydrogen-bond donors (Lipinski definition) is 1. The van der Waals surface area contributed by atoms with Gasteiger partial charge in [0.05, 0.1) is 6.61 Å². The number of likely N-dealkylation sites (N-methyl/N-ethyl adjacent to an activating group) is 1. The fourth-order valence-corrected chi connectivity index (χ4v) is 2.26. The lowest BCUT2D eigenvalue weighted by Crippen LogP contribution is -2.37. The van der Waals surface area contributed by atoms with Gasteiger partial charge in [-0.15, -0.1) is 0 Å². The topological polar surface area (TPSA) is 64.8 Å². The van der Waals surface area contributed by atoms with Gasteiger partial charge in [0.2, 0.25) is 0 Å². The molecule has 1 aliphatic heterocycles. The van der Waals surface area contributed by atoms with Crippen molar-refractivity contribution >= 4 is 11.6 Å². The number of amides is 1. The average Bonchev–Trinajstić information content (AvgIpc) is 2.47. The van der Waals surface area contributed by atoms with Crippen LogP contribution in [0.1, 0.15) is 12.8 Å². The van der Waals surface area contributed by atoms with E-state index in [9.17, 15) is 4.79 Å². The molecule has 0 spiro atoms. The molecule has 1 amide bonds. The Balaban J connectivity index is 1.74. The van der Waals surface area contributed by atoms with E-state index in [4.69, 9.17) is 15.2 Å². The highest BCUT2D eigenvalue weighted by atomic mass is 16.5. The second kappa shape index (κ2) is 7.14. The van der Waals surface area contributed by atoms with Crippen LogP contribution in [0.3, 0.4) is 0 Å². The summed E-state index contributed by atoms with van der Waals surface area (Å²) in [5.74, 6) is 1.07. The van der Waals surface area contributed by atoms with E-state index in [0.717, 1.165) is 32.6 Å². The maximum atomic E-state index is 12.0. The molecule has 1 unspecified atom stereocenters. The van der Waals surface area contributed by atoms with Crippen molar-refractivity contribution in [3.63, 3.8) is 0 Å². The number of rotatable bonds is 5. The molecule has 1 aliphatic rings. The summed E-state index contributed by atoms with van der Waals surface area (Å²) in [6.07, 6.45) is 2.20. The van der Waals surface area contributed by atoms with Crippen LogP contribution in [0, 0.1) is 5.92 Å². The number of carbonyl (C=O) groups is 1. The normalized spacial score (nSPS) is 18.6. The number of nitrogens with two attached hydrogens (primary N) is 1. The molecule has 1 saturated heterocycles. The monoisotopic (exact) mass is 278 g/mol. The molecule has 110 valence electrons. The highest BCUT2D eigenvalue weighted by Crippen LogP contribution is 2.15. The molecule has 0 radical (unpaired) electrons. The van der Waals surface area contributed by atoms with Crippen LogP contribution in [-0.4, -0.2) is 44.2 Å². The molecule has 1 atom stereocenters. The van der Waals surface area contributed by atoms with Crippen molar-refractivity contribution in [1.29, 1.82) is 0 Å². The van der Waals surface area contributed by atoms with Crippen LogP contribution < -0.4 is 10.5 Å². The molecule has 1 heterocycles. The third-order valence-corrected chi connectivity index (χ3v) is 3.45. The molecule has 1 fully saturated rings. The van der Waals surface area contributed by atoms with Crippen molar-refractivity contribution in [2.45, 2.75) is 12.8 Å². The first-order chi connectivity index (χ1) is 9.65. The molecule has 5 heteroatoms. The van der Waals surface area contributed by atoms with Crippen LogP contribution in [0.5, 0.6) is 5.75 Å². The SMILES string of the molecule is CN(CC1CCCOC1)C(=O)COc1ccc(N)cc1. The summed E-state index contributed by atoms with van der Waals surface area (Å²) < 4.78 is 10.9. The van der Waals surface area contributed by atoms with Gasteiger partial charge in [0, 0.05) is 25.9 Å². The highest BCUT2D eigenvalue weighted by Gasteiger charge is 2.18. The van der Waals surface area contributed by atoms with E-state index in [2.05, 4.69) is 0 Å². The maximum Gasteiger partial charge on any atom is 0.260 e. The van der Waals surface area contributed by atoms with Crippen LogP contribution in [0.25, 0.3) is 0 Å². The lowest BCUT2D eigenvalue weighted by atomic mass is 10.0. The Morgan fingerprint density at radius 2 is 2.20 bits per heavy atom. The van der Waals surface area contributed by atoms with Gasteiger partial charge in [-0.2, -0.15) is 0 Å². The van der Waals surface area contributed by atoms with Crippen LogP contribution >= 0.6 is 0 Å². The van der Waals surface area contributed by atoms with Gasteiger partial charge < -0.3 is 20.1 Å². The van der Waals surface area contributed by atoms with E-state index in [1.54, 1.807) is 29.2 Å². The molecule has 20 heavy (non-hydrogen) atoms. The number of benzene rings is 1. The number of hydrogen-bond acceptors (Lipinski definition) is 4. The van der Waals surface area contributed by atoms with E-state index < -0.39 is 0 Å². The maximum absolute atomic E-state index is 12.0. The molecule has 5 nitrogen and oxygen atoms in total. The third-order valence-electron chi connectivity index (χ3n) is 3.45. The van der Waals surface area contributed by atoms with Gasteiger partial charge >= 0.3 is 0 Å². The zero-order valence-electron chi connectivity index (χ0n) is 11.9. The average molecular weight is 278 g/mol. The van der Waals surface area contributed by atoms with Gasteiger partial charge in [-0.3, -0.25) is 4.79 Å². The smallest absolute Gasteiger partial charge is 0.260 e. The molecule has 1 aromatic rings. The predicted octanol–water partition coefficient (Wildman–Crippen LogP) is 1.53. The van der Waals surface area contributed by atoms with E-state index in [-0.39, 0.29) is 12.5 Å². The molecule has 2 N–H and O–H groups in total. The van der Waals surface area contributed by atoms with E-state index in [0.29, 0.717) is 17.4 Å². The Morgan fingerprint density at radius 3 is 2.85 bits per heavy atom. The fraction of sp³-hybridized carbons (Fsp3) is 0.533. The first-order valence-electron chi connectivity index (χ1n) is 6.95. The second-order valence-corrected chi connectivity index (χ2v) is 5.22. The van der Waals surface area contributed by atoms with Crippen molar-refractivity contribution < 1.29 is 14.3 Å². The summed E-state index contributed by atoms with van der Waals surface area (Å²) >= 11 is 0. The summed E-state index contributed by atoms with van der Waals surface area (Å²) in [6, 6.07) is 7.03. The van der Waals surface area contributed by atoms with Crippen molar-refractivity contribution in [2.24, 2.45) is 5.92 Å². The zero-order valence-corrected chi connectivity index (χ0v) is 11.9. The van der Waals surface area contributed by atoms with Crippen LogP contribution in [0.15, 0.2) is 24.3 Å². The molecule has 0 saturated carbocycles. The third kappa shape index (κ3) is 4.42. The second-order valence-electron chi connectivity index (χ2n) is 5.22. The zero-order chi connectivity index (χ0) is 14.4. The molecule has 0 aliphatic carbocycles. The molecule has 0 bridgehead atoms. The van der Waals surface area contributed by atoms with Gasteiger partial charge in [-0.1, -0.05) is 0 Å². The number of nitrogens with zero attached hydrogens (tertiary/aromatic N) is 1. The van der Waals surface area contributed by atoms with Crippen LogP contribution in [-0.2, 0) is 9.53 Å². The van der Waals surface area contributed by atoms with E-state index in [1.807, 2.05) is 7.05 Å². The van der Waals surface area contributed by atoms with Crippen molar-refractivity contribution in [2.75, 3.05) is 39.1 Å². The number of anilines is 1. The Hall–Kier alpha value is -1.75. The lowest BCUT2D eigenvalue weighted by molar-refractivity contribution is -0.133. The van der Waals surface area contributed by atoms with Gasteiger partial charge in [0.25, 0.3) is 5.91 Å². The van der Waals surface area contributed by atoms with Crippen LogP contribution in [0.4, 0.5) is 5.69 Å². The van der Waals surface area contributed by atoms with Crippen molar-refractivity contribution in [1.82, 2.24) is 4.90 Å². The van der Waals surface area contributed by atoms with E-state index in [1.165, 1.54) is 0 Å². The van der Waals surface area contributed by atoms with Gasteiger partial charge in [0.15, 0.2) is 6.61 Å². The molecular weight excluding hydrogens is 256 g/mol. The predicted molar refractivity (Wildman–Crippen MR) is 77.5 cm³/mol. The molecule has 2 rings (SSSR count). The number of ether oxygens (including phenoxy) is 2. The summed E-state index contributed by atoms with van der Waals surface area (Å²) in [5, 5.41) is 0. The summed E-state index contributed by atoms with van der Waals surface area (Å²) in [4.78, 5) is 13.7. The standard InChI is InChI=1S/C15H22N2O3/c1-17(9-12-3-2-8-19-10-12)15(18)11-20-14-6-4-13(16)5-7-14/h4-7,12H,2-3,8-11,16H2,1H3. The highest BCUT2D eigenvalue weighted by molar-refractivity contribution is 5.77. The largest absolute Gasteiger partial charge is 0.484 e. The van der Waals surface area contributed by atoms with Gasteiger partial charge in [0.1, 0.15) is 5.75 Å². The minimum Gasteiger partial charge on any atom is -0.484 e. The van der Waals surface area contributed by atoms with Crippen molar-refractivity contribution in [3.8, 4) is 5.75 Å². The Kier molecular flexibility index (Phi) is 5.24. The molecular formula is C15H22N2O3. The molecule has 0 aromatic heterocycles. The summed E-state index contributed by atoms with van der Waals surface area (Å²) in [5.41, 5.74) is 6.27. The first-order valence-corrected chi connectivity index (χ1v) is 6.95. The minimum atomic E-state index is -0.0209. The quantitative estimate of drug-likeness (QED) is 0.830. The number of nitrogen functional groups attached to an aromatic ring is 1. The Labute approximate surface area is 119 Å². The van der Waals surface area contributed by atoms with Crippen molar-refractivity contribution in [3.05, 3.63) is 24.3 Å². The number of carbonyl (C=O) groups excluding carboxylic acids is 1. The van der Waals surface area contributed by atoms with E-state index >= 15 is 0 Å². The van der Waals surface area contributed by atoms with Gasteiger partial charge in [-0.25, -0.2) is 0 Å². The fourth-order valence-electron chi connectivity index (χ4n) is 2.26. The Morgan fingerprint density at radius 1 is 1.45 bits per heavy atom. The van der Waals surface area contributed by atoms with Crippen LogP contribution in [0.2, 0.25) is 0 Å². The minimum absolute atomic E-state index is 0.0209. The summed E-state index contributed by atoms with van der Waals surface area (Å²) in [7, 11) is 1.81. The Bertz CT molecular complexity index is 427. The molecule has 1 aromatic carbocycles. The van der Waals surface area contributed by atoms with Gasteiger partial charge in [-0.05, 0) is 43.0 Å². The summed E-state index contributed by atoms with van der Waals surface area (Å²) in [6.45, 7) is 2.36. The lowest BCUT2D eigenvalue weighted by Gasteiger charge is -2.27. The first kappa shape index (κ1) is 14.7.